The molecule has 0 aliphatic carbocycles. The summed E-state index contributed by atoms with van der Waals surface area (Å²) in [6.45, 7) is 11.2. The van der Waals surface area contributed by atoms with Crippen molar-refractivity contribution in [3.05, 3.63) is 24.3 Å². The second-order valence-electron chi connectivity index (χ2n) is 7.60. The Kier molecular flexibility index (Phi) is 5.41. The minimum absolute atomic E-state index is 0.195. The molecule has 0 radical (unpaired) electrons. The van der Waals surface area contributed by atoms with Crippen LogP contribution >= 0.6 is 0 Å². The number of nitrogens with zero attached hydrogens (tertiary/aromatic N) is 2. The van der Waals surface area contributed by atoms with E-state index in [0.29, 0.717) is 6.42 Å². The highest BCUT2D eigenvalue weighted by atomic mass is 16.5. The van der Waals surface area contributed by atoms with E-state index in [-0.39, 0.29) is 11.3 Å². The molecule has 1 aromatic carbocycles. The van der Waals surface area contributed by atoms with Gasteiger partial charge in [-0.05, 0) is 36.1 Å². The third-order valence-corrected chi connectivity index (χ3v) is 4.78. The molecule has 24 heavy (non-hydrogen) atoms. The number of benzene rings is 1. The Labute approximate surface area is 145 Å². The summed E-state index contributed by atoms with van der Waals surface area (Å²) in [5.41, 5.74) is 2.32. The zero-order valence-corrected chi connectivity index (χ0v) is 14.9. The van der Waals surface area contributed by atoms with Crippen molar-refractivity contribution in [2.75, 3.05) is 56.2 Å². The van der Waals surface area contributed by atoms with Crippen molar-refractivity contribution in [3.8, 4) is 0 Å². The smallest absolute Gasteiger partial charge is 0.227 e. The molecule has 0 atom stereocenters. The number of carbonyl (C=O) groups excluding carboxylic acids is 1. The van der Waals surface area contributed by atoms with E-state index in [4.69, 9.17) is 4.74 Å². The molecule has 0 spiro atoms. The molecule has 1 aromatic rings. The molecule has 2 aliphatic heterocycles. The van der Waals surface area contributed by atoms with Crippen LogP contribution in [0.2, 0.25) is 0 Å². The van der Waals surface area contributed by atoms with Crippen LogP contribution in [0.15, 0.2) is 24.3 Å². The lowest BCUT2D eigenvalue weighted by Crippen LogP contribution is -2.44. The molecule has 2 heterocycles. The fourth-order valence-corrected chi connectivity index (χ4v) is 3.44. The van der Waals surface area contributed by atoms with Gasteiger partial charge in [0.05, 0.1) is 13.2 Å². The maximum absolute atomic E-state index is 11.8. The summed E-state index contributed by atoms with van der Waals surface area (Å²) in [6.07, 6.45) is 1.64. The van der Waals surface area contributed by atoms with Crippen molar-refractivity contribution in [2.24, 2.45) is 5.41 Å². The number of rotatable bonds is 6. The molecule has 3 rings (SSSR count). The number of nitrogens with one attached hydrogen (secondary N) is 1. The maximum atomic E-state index is 11.8. The van der Waals surface area contributed by atoms with Crippen molar-refractivity contribution in [3.63, 3.8) is 0 Å². The Hall–Kier alpha value is -1.59. The van der Waals surface area contributed by atoms with Crippen molar-refractivity contribution in [1.29, 1.82) is 0 Å². The molecule has 0 unspecified atom stereocenters. The van der Waals surface area contributed by atoms with Crippen molar-refractivity contribution >= 4 is 17.3 Å². The van der Waals surface area contributed by atoms with Gasteiger partial charge >= 0.3 is 0 Å². The van der Waals surface area contributed by atoms with Crippen LogP contribution in [0.3, 0.4) is 0 Å². The van der Waals surface area contributed by atoms with E-state index in [1.165, 1.54) is 0 Å². The third kappa shape index (κ3) is 4.48. The van der Waals surface area contributed by atoms with Gasteiger partial charge in [0.1, 0.15) is 0 Å². The van der Waals surface area contributed by atoms with E-state index in [1.807, 2.05) is 17.0 Å². The molecule has 1 N–H and O–H groups in total. The van der Waals surface area contributed by atoms with Gasteiger partial charge in [-0.15, -0.1) is 0 Å². The van der Waals surface area contributed by atoms with Crippen LogP contribution in [0.1, 0.15) is 26.7 Å². The van der Waals surface area contributed by atoms with Gasteiger partial charge in [0.25, 0.3) is 0 Å². The first-order valence-corrected chi connectivity index (χ1v) is 8.98. The van der Waals surface area contributed by atoms with Gasteiger partial charge in [0.15, 0.2) is 0 Å². The first-order chi connectivity index (χ1) is 11.5. The Balaban J connectivity index is 1.51. The lowest BCUT2D eigenvalue weighted by molar-refractivity contribution is -0.117. The van der Waals surface area contributed by atoms with Crippen molar-refractivity contribution in [2.45, 2.75) is 26.7 Å². The average Bonchev–Trinajstić information content (AvgIpc) is 3.00. The lowest BCUT2D eigenvalue weighted by atomic mass is 9.92. The summed E-state index contributed by atoms with van der Waals surface area (Å²) in [4.78, 5) is 16.2. The molecule has 2 saturated heterocycles. The zero-order chi connectivity index (χ0) is 17.0. The van der Waals surface area contributed by atoms with Gasteiger partial charge < -0.3 is 15.0 Å². The quantitative estimate of drug-likeness (QED) is 0.870. The highest BCUT2D eigenvalue weighted by Crippen LogP contribution is 2.24. The molecule has 2 fully saturated rings. The van der Waals surface area contributed by atoms with Crippen LogP contribution < -0.4 is 10.2 Å². The molecule has 0 aromatic heterocycles. The summed E-state index contributed by atoms with van der Waals surface area (Å²) in [5, 5.41) is 3.54. The minimum atomic E-state index is 0.195. The van der Waals surface area contributed by atoms with Crippen LogP contribution in [0.5, 0.6) is 0 Å². The monoisotopic (exact) mass is 331 g/mol. The molecule has 5 heteroatoms. The molecule has 2 aliphatic rings. The second kappa shape index (κ2) is 7.53. The third-order valence-electron chi connectivity index (χ3n) is 4.78. The first kappa shape index (κ1) is 17.2. The van der Waals surface area contributed by atoms with E-state index < -0.39 is 0 Å². The van der Waals surface area contributed by atoms with Gasteiger partial charge in [-0.25, -0.2) is 0 Å². The predicted molar refractivity (Wildman–Crippen MR) is 97.6 cm³/mol. The van der Waals surface area contributed by atoms with Crippen molar-refractivity contribution < 1.29 is 9.53 Å². The molecule has 0 bridgehead atoms. The summed E-state index contributed by atoms with van der Waals surface area (Å²) < 4.78 is 5.42. The van der Waals surface area contributed by atoms with Gasteiger partial charge in [0.2, 0.25) is 5.91 Å². The molecule has 5 nitrogen and oxygen atoms in total. The predicted octanol–water partition coefficient (Wildman–Crippen LogP) is 2.58. The Bertz CT molecular complexity index is 550. The van der Waals surface area contributed by atoms with E-state index in [2.05, 4.69) is 36.2 Å². The fraction of sp³-hybridized carbons (Fsp3) is 0.632. The highest BCUT2D eigenvalue weighted by molar-refractivity contribution is 5.95. The molecule has 1 amide bonds. The number of morpholine rings is 1. The number of hydrogen-bond donors (Lipinski definition) is 1. The molecular weight excluding hydrogens is 302 g/mol. The van der Waals surface area contributed by atoms with E-state index in [9.17, 15) is 4.79 Å². The average molecular weight is 331 g/mol. The van der Waals surface area contributed by atoms with E-state index in [1.54, 1.807) is 0 Å². The summed E-state index contributed by atoms with van der Waals surface area (Å²) in [5.74, 6) is 0.238. The standard InChI is InChI=1S/C19H29N3O2/c1-19(2,15-21-10-12-24-13-11-21)14-20-16-5-7-17(8-6-16)22-9-3-4-18(22)23/h5-8,20H,3-4,9-15H2,1-2H3. The second-order valence-corrected chi connectivity index (χ2v) is 7.60. The Morgan fingerprint density at radius 1 is 1.12 bits per heavy atom. The zero-order valence-electron chi connectivity index (χ0n) is 14.9. The summed E-state index contributed by atoms with van der Waals surface area (Å²) in [7, 11) is 0. The number of ether oxygens (including phenoxy) is 1. The van der Waals surface area contributed by atoms with Crippen LogP contribution in [0.4, 0.5) is 11.4 Å². The molecule has 0 saturated carbocycles. The largest absolute Gasteiger partial charge is 0.384 e. The minimum Gasteiger partial charge on any atom is -0.384 e. The Morgan fingerprint density at radius 2 is 1.83 bits per heavy atom. The lowest BCUT2D eigenvalue weighted by Gasteiger charge is -2.35. The molecular formula is C19H29N3O2. The number of amides is 1. The van der Waals surface area contributed by atoms with Crippen LogP contribution in [-0.2, 0) is 9.53 Å². The van der Waals surface area contributed by atoms with Crippen molar-refractivity contribution in [1.82, 2.24) is 4.90 Å². The summed E-state index contributed by atoms with van der Waals surface area (Å²) in [6, 6.07) is 8.23. The van der Waals surface area contributed by atoms with E-state index >= 15 is 0 Å². The van der Waals surface area contributed by atoms with Gasteiger partial charge in [-0.2, -0.15) is 0 Å². The van der Waals surface area contributed by atoms with Crippen LogP contribution in [0, 0.1) is 5.41 Å². The summed E-state index contributed by atoms with van der Waals surface area (Å²) >= 11 is 0. The topological polar surface area (TPSA) is 44.8 Å². The van der Waals surface area contributed by atoms with Crippen LogP contribution in [-0.4, -0.2) is 56.7 Å². The van der Waals surface area contributed by atoms with E-state index in [0.717, 1.165) is 63.7 Å². The fourth-order valence-electron chi connectivity index (χ4n) is 3.44. The van der Waals surface area contributed by atoms with Crippen LogP contribution in [0.25, 0.3) is 0 Å². The molecule has 132 valence electrons. The highest BCUT2D eigenvalue weighted by Gasteiger charge is 2.24. The number of anilines is 2. The SMILES string of the molecule is CC(C)(CNc1ccc(N2CCCC2=O)cc1)CN1CCOCC1. The van der Waals surface area contributed by atoms with Gasteiger partial charge in [0, 0.05) is 50.5 Å². The number of carbonyl (C=O) groups is 1. The number of hydrogen-bond acceptors (Lipinski definition) is 4. The first-order valence-electron chi connectivity index (χ1n) is 8.98. The Morgan fingerprint density at radius 3 is 2.46 bits per heavy atom. The normalized spacial score (nSPS) is 19.8. The van der Waals surface area contributed by atoms with Gasteiger partial charge in [-0.1, -0.05) is 13.8 Å². The maximum Gasteiger partial charge on any atom is 0.227 e. The van der Waals surface area contributed by atoms with Gasteiger partial charge in [-0.3, -0.25) is 9.69 Å².